The first-order chi connectivity index (χ1) is 9.74. The number of pyridine rings is 1. The molecule has 0 aliphatic heterocycles. The van der Waals surface area contributed by atoms with Crippen molar-refractivity contribution in [3.63, 3.8) is 0 Å². The van der Waals surface area contributed by atoms with E-state index in [4.69, 9.17) is 5.73 Å². The molecule has 20 heavy (non-hydrogen) atoms. The lowest BCUT2D eigenvalue weighted by atomic mass is 9.83. The van der Waals surface area contributed by atoms with Crippen molar-refractivity contribution >= 4 is 0 Å². The first-order valence-corrected chi connectivity index (χ1v) is 6.75. The molecule has 0 bridgehead atoms. The summed E-state index contributed by atoms with van der Waals surface area (Å²) >= 11 is 0. The molecule has 0 spiro atoms. The second kappa shape index (κ2) is 6.71. The number of nitrogens with two attached hydrogens (primary N) is 1. The number of aromatic nitrogens is 1. The molecule has 1 heterocycles. The minimum absolute atomic E-state index is 0.386. The van der Waals surface area contributed by atoms with Crippen molar-refractivity contribution in [2.45, 2.75) is 19.3 Å². The normalized spacial score (nSPS) is 19.6. The van der Waals surface area contributed by atoms with E-state index in [9.17, 15) is 0 Å². The fourth-order valence-electron chi connectivity index (χ4n) is 2.52. The quantitative estimate of drug-likeness (QED) is 0.834. The second-order valence-electron chi connectivity index (χ2n) is 4.89. The number of hydrogen-bond donors (Lipinski definition) is 1. The summed E-state index contributed by atoms with van der Waals surface area (Å²) in [6.45, 7) is 5.90. The molecule has 0 amide bonds. The zero-order chi connectivity index (χ0) is 14.4. The minimum atomic E-state index is 0.386. The highest BCUT2D eigenvalue weighted by Gasteiger charge is 2.17. The molecule has 2 heteroatoms. The Kier molecular flexibility index (Phi) is 4.72. The molecule has 1 unspecified atom stereocenters. The minimum Gasteiger partial charge on any atom is -0.405 e. The van der Waals surface area contributed by atoms with E-state index in [1.807, 2.05) is 24.5 Å². The van der Waals surface area contributed by atoms with Crippen LogP contribution in [0.3, 0.4) is 0 Å². The molecule has 2 rings (SSSR count). The van der Waals surface area contributed by atoms with E-state index in [0.29, 0.717) is 5.92 Å². The van der Waals surface area contributed by atoms with E-state index < -0.39 is 0 Å². The van der Waals surface area contributed by atoms with Gasteiger partial charge in [-0.05, 0) is 54.5 Å². The van der Waals surface area contributed by atoms with Gasteiger partial charge in [-0.25, -0.2) is 0 Å². The Morgan fingerprint density at radius 1 is 1.40 bits per heavy atom. The van der Waals surface area contributed by atoms with Gasteiger partial charge in [0, 0.05) is 18.3 Å². The van der Waals surface area contributed by atoms with Crippen LogP contribution in [0, 0.1) is 0 Å². The molecule has 1 aromatic heterocycles. The molecule has 0 saturated heterocycles. The molecule has 1 aliphatic rings. The second-order valence-corrected chi connectivity index (χ2v) is 4.89. The third-order valence-electron chi connectivity index (χ3n) is 3.38. The van der Waals surface area contributed by atoms with Gasteiger partial charge in [0.1, 0.15) is 0 Å². The van der Waals surface area contributed by atoms with Crippen molar-refractivity contribution in [2.24, 2.45) is 5.73 Å². The molecule has 2 nitrogen and oxygen atoms in total. The molecular weight excluding hydrogens is 244 g/mol. The number of hydrogen-bond acceptors (Lipinski definition) is 2. The van der Waals surface area contributed by atoms with Crippen molar-refractivity contribution in [3.8, 4) is 0 Å². The van der Waals surface area contributed by atoms with Crippen LogP contribution >= 0.6 is 0 Å². The maximum absolute atomic E-state index is 5.54. The molecule has 1 aromatic rings. The summed E-state index contributed by atoms with van der Waals surface area (Å²) in [6, 6.07) is 4.15. The number of allylic oxidation sites excluding steroid dienone is 8. The topological polar surface area (TPSA) is 38.9 Å². The molecule has 1 aliphatic carbocycles. The molecule has 0 aromatic carbocycles. The summed E-state index contributed by atoms with van der Waals surface area (Å²) in [7, 11) is 0. The predicted octanol–water partition coefficient (Wildman–Crippen LogP) is 4.03. The Labute approximate surface area is 120 Å². The van der Waals surface area contributed by atoms with E-state index in [1.165, 1.54) is 16.7 Å². The largest absolute Gasteiger partial charge is 0.405 e. The molecule has 1 atom stereocenters. The molecule has 0 saturated carbocycles. The van der Waals surface area contributed by atoms with Crippen LogP contribution in [0.15, 0.2) is 84.4 Å². The van der Waals surface area contributed by atoms with Crippen LogP contribution in [0.5, 0.6) is 0 Å². The highest BCUT2D eigenvalue weighted by atomic mass is 14.6. The average molecular weight is 264 g/mol. The van der Waals surface area contributed by atoms with Crippen molar-refractivity contribution < 1.29 is 0 Å². The van der Waals surface area contributed by atoms with Gasteiger partial charge in [0.25, 0.3) is 0 Å². The van der Waals surface area contributed by atoms with Gasteiger partial charge in [-0.15, -0.1) is 0 Å². The van der Waals surface area contributed by atoms with E-state index in [2.05, 4.69) is 42.8 Å². The summed E-state index contributed by atoms with van der Waals surface area (Å²) in [6.07, 6.45) is 16.5. The monoisotopic (exact) mass is 264 g/mol. The van der Waals surface area contributed by atoms with Gasteiger partial charge < -0.3 is 5.73 Å². The third-order valence-corrected chi connectivity index (χ3v) is 3.38. The average Bonchev–Trinajstić information content (AvgIpc) is 2.47. The van der Waals surface area contributed by atoms with Crippen LogP contribution in [-0.2, 0) is 0 Å². The van der Waals surface area contributed by atoms with Crippen LogP contribution in [0.4, 0.5) is 0 Å². The maximum atomic E-state index is 5.54. The third kappa shape index (κ3) is 3.35. The van der Waals surface area contributed by atoms with Gasteiger partial charge in [-0.1, -0.05) is 36.5 Å². The first-order valence-electron chi connectivity index (χ1n) is 6.75. The summed E-state index contributed by atoms with van der Waals surface area (Å²) in [5, 5.41) is 0. The fourth-order valence-corrected chi connectivity index (χ4v) is 2.52. The molecular formula is C18H20N2. The van der Waals surface area contributed by atoms with Crippen LogP contribution < -0.4 is 5.73 Å². The molecule has 2 N–H and O–H groups in total. The Balaban J connectivity index is 2.31. The van der Waals surface area contributed by atoms with Gasteiger partial charge in [-0.2, -0.15) is 0 Å². The van der Waals surface area contributed by atoms with E-state index in [-0.39, 0.29) is 0 Å². The van der Waals surface area contributed by atoms with Crippen LogP contribution in [0.25, 0.3) is 0 Å². The molecule has 102 valence electrons. The zero-order valence-electron chi connectivity index (χ0n) is 11.8. The van der Waals surface area contributed by atoms with Gasteiger partial charge in [0.2, 0.25) is 0 Å². The Bertz CT molecular complexity index is 589. The lowest BCUT2D eigenvalue weighted by molar-refractivity contribution is 0.810. The van der Waals surface area contributed by atoms with Gasteiger partial charge in [-0.3, -0.25) is 4.98 Å². The standard InChI is InChI=1S/C18H20N2/c1-3-4-15(5-8-19)17-11-14(2)12-18(13-17)16-6-9-20-10-7-16/h3-12,18H,1,13,19H2,2H3/b8-5-,15-4+. The smallest absolute Gasteiger partial charge is 0.0270 e. The van der Waals surface area contributed by atoms with Crippen molar-refractivity contribution in [1.82, 2.24) is 4.98 Å². The Morgan fingerprint density at radius 2 is 2.15 bits per heavy atom. The van der Waals surface area contributed by atoms with Crippen molar-refractivity contribution in [1.29, 1.82) is 0 Å². The molecule has 0 radical (unpaired) electrons. The van der Waals surface area contributed by atoms with E-state index in [1.54, 1.807) is 12.3 Å². The highest BCUT2D eigenvalue weighted by molar-refractivity contribution is 5.49. The lowest BCUT2D eigenvalue weighted by Crippen LogP contribution is -2.04. The van der Waals surface area contributed by atoms with E-state index >= 15 is 0 Å². The van der Waals surface area contributed by atoms with Gasteiger partial charge in [0.15, 0.2) is 0 Å². The van der Waals surface area contributed by atoms with Crippen LogP contribution in [0.1, 0.15) is 24.8 Å². The predicted molar refractivity (Wildman–Crippen MR) is 85.0 cm³/mol. The summed E-state index contributed by atoms with van der Waals surface area (Å²) < 4.78 is 0. The number of rotatable bonds is 4. The van der Waals surface area contributed by atoms with E-state index in [0.717, 1.165) is 12.0 Å². The number of nitrogens with zero attached hydrogens (tertiary/aromatic N) is 1. The first kappa shape index (κ1) is 14.1. The Hall–Kier alpha value is -2.35. The highest BCUT2D eigenvalue weighted by Crippen LogP contribution is 2.34. The zero-order valence-corrected chi connectivity index (χ0v) is 11.8. The fraction of sp³-hybridized carbons (Fsp3) is 0.167. The lowest BCUT2D eigenvalue weighted by Gasteiger charge is -2.22. The van der Waals surface area contributed by atoms with Gasteiger partial charge in [0.05, 0.1) is 0 Å². The van der Waals surface area contributed by atoms with Crippen molar-refractivity contribution in [2.75, 3.05) is 0 Å². The maximum Gasteiger partial charge on any atom is 0.0270 e. The van der Waals surface area contributed by atoms with Crippen LogP contribution in [-0.4, -0.2) is 4.98 Å². The summed E-state index contributed by atoms with van der Waals surface area (Å²) in [5.74, 6) is 0.386. The Morgan fingerprint density at radius 3 is 2.80 bits per heavy atom. The summed E-state index contributed by atoms with van der Waals surface area (Å²) in [5.41, 5.74) is 10.5. The van der Waals surface area contributed by atoms with Crippen molar-refractivity contribution in [3.05, 3.63) is 90.0 Å². The summed E-state index contributed by atoms with van der Waals surface area (Å²) in [4.78, 5) is 4.08. The SMILES string of the molecule is C=C/C=C(\C=C/N)C1=CC(C)=CC(c2ccncc2)C1. The van der Waals surface area contributed by atoms with Crippen LogP contribution in [0.2, 0.25) is 0 Å². The van der Waals surface area contributed by atoms with Gasteiger partial charge >= 0.3 is 0 Å². The molecule has 0 fully saturated rings.